The molecular formula is C9H11F6N3S. The summed E-state index contributed by atoms with van der Waals surface area (Å²) >= 11 is 1.14. The zero-order chi connectivity index (χ0) is 14.8. The zero-order valence-corrected chi connectivity index (χ0v) is 10.5. The van der Waals surface area contributed by atoms with E-state index in [0.717, 1.165) is 11.3 Å². The van der Waals surface area contributed by atoms with Gasteiger partial charge < -0.3 is 0 Å². The van der Waals surface area contributed by atoms with Crippen LogP contribution in [-0.4, -0.2) is 23.4 Å². The summed E-state index contributed by atoms with van der Waals surface area (Å²) < 4.78 is 75.2. The van der Waals surface area contributed by atoms with Gasteiger partial charge in [0.05, 0.1) is 10.7 Å². The molecule has 0 saturated carbocycles. The number of nitrogens with zero attached hydrogens (tertiary/aromatic N) is 1. The molecule has 0 aromatic carbocycles. The van der Waals surface area contributed by atoms with Gasteiger partial charge in [-0.2, -0.15) is 26.3 Å². The molecule has 0 amide bonds. The first-order valence-electron chi connectivity index (χ1n) is 5.06. The molecule has 3 nitrogen and oxygen atoms in total. The van der Waals surface area contributed by atoms with Gasteiger partial charge in [-0.3, -0.25) is 11.3 Å². The van der Waals surface area contributed by atoms with E-state index in [9.17, 15) is 26.3 Å². The Bertz CT molecular complexity index is 399. The third kappa shape index (κ3) is 4.32. The summed E-state index contributed by atoms with van der Waals surface area (Å²) in [6.45, 7) is 1.60. The first-order valence-corrected chi connectivity index (χ1v) is 5.94. The van der Waals surface area contributed by atoms with Gasteiger partial charge in [-0.05, 0) is 6.92 Å². The minimum atomic E-state index is -5.43. The molecule has 110 valence electrons. The summed E-state index contributed by atoms with van der Waals surface area (Å²) in [6, 6.07) is -2.01. The van der Waals surface area contributed by atoms with Crippen LogP contribution in [0.4, 0.5) is 26.3 Å². The van der Waals surface area contributed by atoms with Crippen LogP contribution >= 0.6 is 11.3 Å². The molecule has 0 aliphatic heterocycles. The van der Waals surface area contributed by atoms with E-state index >= 15 is 0 Å². The van der Waals surface area contributed by atoms with Crippen molar-refractivity contribution in [2.24, 2.45) is 11.8 Å². The molecule has 0 saturated heterocycles. The largest absolute Gasteiger partial charge is 0.402 e. The van der Waals surface area contributed by atoms with E-state index in [-0.39, 0.29) is 5.69 Å². The van der Waals surface area contributed by atoms with E-state index in [1.54, 1.807) is 12.3 Å². The second-order valence-electron chi connectivity index (χ2n) is 3.90. The maximum absolute atomic E-state index is 12.5. The Morgan fingerprint density at radius 1 is 1.26 bits per heavy atom. The molecule has 0 spiro atoms. The van der Waals surface area contributed by atoms with Gasteiger partial charge in [-0.25, -0.2) is 4.98 Å². The highest BCUT2D eigenvalue weighted by Gasteiger charge is 2.60. The molecule has 1 aromatic rings. The maximum Gasteiger partial charge on any atom is 0.402 e. The smallest absolute Gasteiger partial charge is 0.271 e. The van der Waals surface area contributed by atoms with Crippen LogP contribution in [-0.2, 0) is 6.42 Å². The maximum atomic E-state index is 12.5. The molecule has 19 heavy (non-hydrogen) atoms. The Labute approximate surface area is 108 Å². The van der Waals surface area contributed by atoms with Gasteiger partial charge in [-0.1, -0.05) is 0 Å². The SMILES string of the molecule is Cc1nc(CC(NN)C(C(F)(F)F)C(F)(F)F)cs1. The molecule has 1 atom stereocenters. The lowest BCUT2D eigenvalue weighted by Gasteiger charge is -2.29. The third-order valence-corrected chi connectivity index (χ3v) is 3.24. The number of hydrogen-bond acceptors (Lipinski definition) is 4. The molecule has 1 heterocycles. The molecule has 10 heteroatoms. The normalized spacial score (nSPS) is 15.0. The number of alkyl halides is 6. The Balaban J connectivity index is 2.97. The molecule has 0 radical (unpaired) electrons. The number of aromatic nitrogens is 1. The van der Waals surface area contributed by atoms with Crippen molar-refractivity contribution in [2.75, 3.05) is 0 Å². The summed E-state index contributed by atoms with van der Waals surface area (Å²) in [5.41, 5.74) is 1.74. The van der Waals surface area contributed by atoms with Crippen LogP contribution in [0, 0.1) is 12.8 Å². The van der Waals surface area contributed by atoms with E-state index in [4.69, 9.17) is 5.84 Å². The van der Waals surface area contributed by atoms with Crippen molar-refractivity contribution in [1.29, 1.82) is 0 Å². The highest BCUT2D eigenvalue weighted by molar-refractivity contribution is 7.09. The van der Waals surface area contributed by atoms with Gasteiger partial charge in [0.25, 0.3) is 0 Å². The number of nitrogens with one attached hydrogen (secondary N) is 1. The molecule has 0 aliphatic carbocycles. The topological polar surface area (TPSA) is 50.9 Å². The minimum absolute atomic E-state index is 0.143. The van der Waals surface area contributed by atoms with Crippen LogP contribution in [0.3, 0.4) is 0 Å². The van der Waals surface area contributed by atoms with E-state index in [0.29, 0.717) is 5.01 Å². The fourth-order valence-electron chi connectivity index (χ4n) is 1.64. The molecule has 3 N–H and O–H groups in total. The summed E-state index contributed by atoms with van der Waals surface area (Å²) in [7, 11) is 0. The van der Waals surface area contributed by atoms with Gasteiger partial charge in [0.2, 0.25) is 0 Å². The number of rotatable bonds is 4. The van der Waals surface area contributed by atoms with Crippen LogP contribution in [0.1, 0.15) is 10.7 Å². The van der Waals surface area contributed by atoms with Crippen molar-refractivity contribution >= 4 is 11.3 Å². The van der Waals surface area contributed by atoms with Crippen molar-refractivity contribution in [1.82, 2.24) is 10.4 Å². The van der Waals surface area contributed by atoms with E-state index in [2.05, 4.69) is 4.98 Å². The summed E-state index contributed by atoms with van der Waals surface area (Å²) in [4.78, 5) is 3.83. The second-order valence-corrected chi connectivity index (χ2v) is 4.96. The fraction of sp³-hybridized carbons (Fsp3) is 0.667. The van der Waals surface area contributed by atoms with Gasteiger partial charge >= 0.3 is 12.4 Å². The predicted octanol–water partition coefficient (Wildman–Crippen LogP) is 2.57. The number of halogens is 6. The van der Waals surface area contributed by atoms with Gasteiger partial charge in [0.1, 0.15) is 0 Å². The Morgan fingerprint density at radius 2 is 1.79 bits per heavy atom. The molecule has 0 bridgehead atoms. The lowest BCUT2D eigenvalue weighted by molar-refractivity contribution is -0.291. The standard InChI is InChI=1S/C9H11F6N3S/c1-4-17-5(3-19-4)2-6(18-16)7(8(10,11)12)9(13,14)15/h3,6-7,18H,2,16H2,1H3. The van der Waals surface area contributed by atoms with Crippen molar-refractivity contribution < 1.29 is 26.3 Å². The number of hydrogen-bond donors (Lipinski definition) is 2. The number of nitrogens with two attached hydrogens (primary N) is 1. The Morgan fingerprint density at radius 3 is 2.11 bits per heavy atom. The van der Waals surface area contributed by atoms with Crippen molar-refractivity contribution in [3.63, 3.8) is 0 Å². The van der Waals surface area contributed by atoms with Crippen LogP contribution in [0.5, 0.6) is 0 Å². The van der Waals surface area contributed by atoms with Crippen molar-refractivity contribution in [2.45, 2.75) is 31.7 Å². The second kappa shape index (κ2) is 5.63. The molecular weight excluding hydrogens is 296 g/mol. The van der Waals surface area contributed by atoms with E-state index in [1.807, 2.05) is 0 Å². The lowest BCUT2D eigenvalue weighted by atomic mass is 9.95. The lowest BCUT2D eigenvalue weighted by Crippen LogP contribution is -2.54. The molecule has 0 aliphatic rings. The van der Waals surface area contributed by atoms with E-state index in [1.165, 1.54) is 5.38 Å². The minimum Gasteiger partial charge on any atom is -0.271 e. The molecule has 1 aromatic heterocycles. The van der Waals surface area contributed by atoms with E-state index < -0.39 is 30.7 Å². The van der Waals surface area contributed by atoms with Gasteiger partial charge in [0.15, 0.2) is 5.92 Å². The van der Waals surface area contributed by atoms with Crippen molar-refractivity contribution in [3.8, 4) is 0 Å². The first-order chi connectivity index (χ1) is 8.55. The van der Waals surface area contributed by atoms with Gasteiger partial charge in [0, 0.05) is 17.8 Å². The zero-order valence-electron chi connectivity index (χ0n) is 9.64. The number of hydrazine groups is 1. The van der Waals surface area contributed by atoms with Crippen LogP contribution < -0.4 is 11.3 Å². The van der Waals surface area contributed by atoms with Crippen LogP contribution in [0.25, 0.3) is 0 Å². The molecule has 0 fully saturated rings. The number of aryl methyl sites for hydroxylation is 1. The van der Waals surface area contributed by atoms with Gasteiger partial charge in [-0.15, -0.1) is 11.3 Å². The van der Waals surface area contributed by atoms with Crippen LogP contribution in [0.15, 0.2) is 5.38 Å². The average Bonchev–Trinajstić information content (AvgIpc) is 2.58. The molecule has 1 rings (SSSR count). The predicted molar refractivity (Wildman–Crippen MR) is 57.3 cm³/mol. The summed E-state index contributed by atoms with van der Waals surface area (Å²) in [5.74, 6) is 1.31. The monoisotopic (exact) mass is 307 g/mol. The number of thiazole rings is 1. The Hall–Kier alpha value is -0.870. The van der Waals surface area contributed by atoms with Crippen LogP contribution in [0.2, 0.25) is 0 Å². The Kier molecular flexibility index (Phi) is 4.80. The first kappa shape index (κ1) is 16.2. The summed E-state index contributed by atoms with van der Waals surface area (Å²) in [5, 5.41) is 1.96. The fourth-order valence-corrected chi connectivity index (χ4v) is 2.27. The third-order valence-electron chi connectivity index (χ3n) is 2.42. The quantitative estimate of drug-likeness (QED) is 0.511. The summed E-state index contributed by atoms with van der Waals surface area (Å²) in [6.07, 6.45) is -11.4. The van der Waals surface area contributed by atoms with Crippen molar-refractivity contribution in [3.05, 3.63) is 16.1 Å². The molecule has 1 unspecified atom stereocenters. The highest BCUT2D eigenvalue weighted by Crippen LogP contribution is 2.41. The average molecular weight is 307 g/mol. The highest BCUT2D eigenvalue weighted by atomic mass is 32.1.